The third-order valence-electron chi connectivity index (χ3n) is 4.68. The zero-order valence-electron chi connectivity index (χ0n) is 16.6. The Hall–Kier alpha value is -3.35. The number of urea groups is 1. The summed E-state index contributed by atoms with van der Waals surface area (Å²) in [5, 5.41) is 2.83. The number of hydrogen-bond acceptors (Lipinski definition) is 4. The van der Waals surface area contributed by atoms with Gasteiger partial charge in [-0.25, -0.2) is 14.0 Å². The summed E-state index contributed by atoms with van der Waals surface area (Å²) < 4.78 is 24.8. The number of hydrogen-bond donors (Lipinski definition) is 1. The standard InChI is InChI=1S/C22H23FN2O4/c1-4-28-21(26)19-17(13-29-18-8-6-5-7-16(18)23)25(3)22(27)24-20(19)15-11-9-14(2)10-12-15/h5-12,20H,4,13H2,1-3H3,(H,24,27)/t20-/m1/s1. The minimum Gasteiger partial charge on any atom is -0.484 e. The second kappa shape index (κ2) is 8.77. The van der Waals surface area contributed by atoms with E-state index in [0.717, 1.165) is 11.1 Å². The first-order valence-corrected chi connectivity index (χ1v) is 9.30. The topological polar surface area (TPSA) is 67.9 Å². The van der Waals surface area contributed by atoms with Crippen molar-refractivity contribution in [2.75, 3.05) is 20.3 Å². The van der Waals surface area contributed by atoms with E-state index in [4.69, 9.17) is 9.47 Å². The third-order valence-corrected chi connectivity index (χ3v) is 4.68. The Kier molecular flexibility index (Phi) is 6.16. The molecule has 1 atom stereocenters. The van der Waals surface area contributed by atoms with Gasteiger partial charge in [-0.15, -0.1) is 0 Å². The lowest BCUT2D eigenvalue weighted by Gasteiger charge is -2.34. The van der Waals surface area contributed by atoms with Crippen molar-refractivity contribution < 1.29 is 23.5 Å². The summed E-state index contributed by atoms with van der Waals surface area (Å²) in [6.45, 7) is 3.68. The van der Waals surface area contributed by atoms with Crippen molar-refractivity contribution in [3.8, 4) is 5.75 Å². The smallest absolute Gasteiger partial charge is 0.338 e. The van der Waals surface area contributed by atoms with Gasteiger partial charge in [0.25, 0.3) is 0 Å². The van der Waals surface area contributed by atoms with Gasteiger partial charge in [0.15, 0.2) is 11.6 Å². The molecule has 2 aromatic rings. The summed E-state index contributed by atoms with van der Waals surface area (Å²) in [4.78, 5) is 26.6. The molecule has 0 radical (unpaired) electrons. The number of amides is 2. The average Bonchev–Trinajstić information content (AvgIpc) is 2.70. The number of esters is 1. The molecule has 1 aliphatic rings. The highest BCUT2D eigenvalue weighted by Gasteiger charge is 2.37. The van der Waals surface area contributed by atoms with Gasteiger partial charge in [0.2, 0.25) is 0 Å². The fraction of sp³-hybridized carbons (Fsp3) is 0.273. The maximum Gasteiger partial charge on any atom is 0.338 e. The van der Waals surface area contributed by atoms with Crippen molar-refractivity contribution in [2.24, 2.45) is 0 Å². The molecule has 29 heavy (non-hydrogen) atoms. The van der Waals surface area contributed by atoms with E-state index in [1.54, 1.807) is 19.1 Å². The van der Waals surface area contributed by atoms with Crippen LogP contribution in [-0.2, 0) is 9.53 Å². The lowest BCUT2D eigenvalue weighted by Crippen LogP contribution is -2.48. The molecule has 1 heterocycles. The van der Waals surface area contributed by atoms with E-state index in [1.165, 1.54) is 24.1 Å². The number of halogens is 1. The average molecular weight is 398 g/mol. The monoisotopic (exact) mass is 398 g/mol. The SMILES string of the molecule is CCOC(=O)C1=C(COc2ccccc2F)N(C)C(=O)N[C@@H]1c1ccc(C)cc1. The first-order valence-electron chi connectivity index (χ1n) is 9.30. The first kappa shape index (κ1) is 20.4. The van der Waals surface area contributed by atoms with Gasteiger partial charge in [-0.05, 0) is 31.5 Å². The van der Waals surface area contributed by atoms with Gasteiger partial charge >= 0.3 is 12.0 Å². The van der Waals surface area contributed by atoms with Crippen LogP contribution in [0.3, 0.4) is 0 Å². The Morgan fingerprint density at radius 3 is 2.52 bits per heavy atom. The Bertz CT molecular complexity index is 940. The lowest BCUT2D eigenvalue weighted by molar-refractivity contribution is -0.139. The molecule has 0 fully saturated rings. The Balaban J connectivity index is 2.04. The van der Waals surface area contributed by atoms with Crippen LogP contribution in [0.1, 0.15) is 24.1 Å². The van der Waals surface area contributed by atoms with Gasteiger partial charge in [0, 0.05) is 7.05 Å². The maximum atomic E-state index is 13.9. The Morgan fingerprint density at radius 2 is 1.86 bits per heavy atom. The van der Waals surface area contributed by atoms with Crippen molar-refractivity contribution in [3.63, 3.8) is 0 Å². The molecular weight excluding hydrogens is 375 g/mol. The number of rotatable bonds is 6. The predicted molar refractivity (Wildman–Crippen MR) is 106 cm³/mol. The molecule has 0 aromatic heterocycles. The second-order valence-electron chi connectivity index (χ2n) is 6.65. The van der Waals surface area contributed by atoms with E-state index in [1.807, 2.05) is 31.2 Å². The quantitative estimate of drug-likeness (QED) is 0.753. The van der Waals surface area contributed by atoms with Gasteiger partial charge < -0.3 is 14.8 Å². The number of carbonyl (C=O) groups is 2. The molecule has 1 aliphatic heterocycles. The normalized spacial score (nSPS) is 16.5. The van der Waals surface area contributed by atoms with Crippen molar-refractivity contribution in [1.29, 1.82) is 0 Å². The summed E-state index contributed by atoms with van der Waals surface area (Å²) in [7, 11) is 1.53. The summed E-state index contributed by atoms with van der Waals surface area (Å²) in [6, 6.07) is 12.4. The van der Waals surface area contributed by atoms with Crippen LogP contribution in [0.4, 0.5) is 9.18 Å². The molecule has 2 amide bonds. The highest BCUT2D eigenvalue weighted by atomic mass is 19.1. The highest BCUT2D eigenvalue weighted by Crippen LogP contribution is 2.31. The van der Waals surface area contributed by atoms with E-state index >= 15 is 0 Å². The fourth-order valence-electron chi connectivity index (χ4n) is 3.10. The molecule has 0 spiro atoms. The Labute approximate surface area is 168 Å². The number of nitrogens with one attached hydrogen (secondary N) is 1. The highest BCUT2D eigenvalue weighted by molar-refractivity contribution is 5.95. The van der Waals surface area contributed by atoms with Crippen LogP contribution in [-0.4, -0.2) is 37.2 Å². The number of para-hydroxylation sites is 1. The van der Waals surface area contributed by atoms with E-state index in [0.29, 0.717) is 5.70 Å². The lowest BCUT2D eigenvalue weighted by atomic mass is 9.94. The molecule has 0 bridgehead atoms. The predicted octanol–water partition coefficient (Wildman–Crippen LogP) is 3.73. The zero-order valence-corrected chi connectivity index (χ0v) is 16.6. The van der Waals surface area contributed by atoms with Crippen LogP contribution in [0.15, 0.2) is 59.8 Å². The number of benzene rings is 2. The molecule has 6 nitrogen and oxygen atoms in total. The number of carbonyl (C=O) groups excluding carboxylic acids is 2. The molecule has 2 aromatic carbocycles. The van der Waals surface area contributed by atoms with Crippen molar-refractivity contribution in [3.05, 3.63) is 76.7 Å². The van der Waals surface area contributed by atoms with Crippen molar-refractivity contribution in [2.45, 2.75) is 19.9 Å². The Morgan fingerprint density at radius 1 is 1.17 bits per heavy atom. The molecule has 3 rings (SSSR count). The van der Waals surface area contributed by atoms with Gasteiger partial charge in [0.05, 0.1) is 23.9 Å². The number of nitrogens with zero attached hydrogens (tertiary/aromatic N) is 1. The van der Waals surface area contributed by atoms with Crippen LogP contribution in [0.25, 0.3) is 0 Å². The molecule has 0 aliphatic carbocycles. The van der Waals surface area contributed by atoms with E-state index < -0.39 is 23.9 Å². The van der Waals surface area contributed by atoms with Crippen LogP contribution in [0.5, 0.6) is 5.75 Å². The number of ether oxygens (including phenoxy) is 2. The number of likely N-dealkylation sites (N-methyl/N-ethyl adjacent to an activating group) is 1. The maximum absolute atomic E-state index is 13.9. The number of aryl methyl sites for hydroxylation is 1. The summed E-state index contributed by atoms with van der Waals surface area (Å²) in [5.41, 5.74) is 2.37. The molecular formula is C22H23FN2O4. The molecule has 0 unspecified atom stereocenters. The van der Waals surface area contributed by atoms with Crippen LogP contribution in [0.2, 0.25) is 0 Å². The van der Waals surface area contributed by atoms with E-state index in [2.05, 4.69) is 5.32 Å². The van der Waals surface area contributed by atoms with E-state index in [-0.39, 0.29) is 24.5 Å². The summed E-state index contributed by atoms with van der Waals surface area (Å²) in [6.07, 6.45) is 0. The van der Waals surface area contributed by atoms with Crippen LogP contribution >= 0.6 is 0 Å². The minimum atomic E-state index is -0.697. The van der Waals surface area contributed by atoms with Crippen molar-refractivity contribution in [1.82, 2.24) is 10.2 Å². The molecule has 0 saturated carbocycles. The largest absolute Gasteiger partial charge is 0.484 e. The van der Waals surface area contributed by atoms with E-state index in [9.17, 15) is 14.0 Å². The fourth-order valence-corrected chi connectivity index (χ4v) is 3.10. The van der Waals surface area contributed by atoms with Crippen LogP contribution in [0, 0.1) is 12.7 Å². The van der Waals surface area contributed by atoms with Gasteiger partial charge in [-0.1, -0.05) is 42.0 Å². The molecule has 1 N–H and O–H groups in total. The minimum absolute atomic E-state index is 0.0366. The van der Waals surface area contributed by atoms with Crippen molar-refractivity contribution >= 4 is 12.0 Å². The molecule has 7 heteroatoms. The zero-order chi connectivity index (χ0) is 21.0. The van der Waals surface area contributed by atoms with Gasteiger partial charge in [-0.3, -0.25) is 4.90 Å². The summed E-state index contributed by atoms with van der Waals surface area (Å²) >= 11 is 0. The first-order chi connectivity index (χ1) is 13.9. The summed E-state index contributed by atoms with van der Waals surface area (Å²) in [5.74, 6) is -1.05. The third kappa shape index (κ3) is 4.39. The second-order valence-corrected chi connectivity index (χ2v) is 6.65. The molecule has 152 valence electrons. The van der Waals surface area contributed by atoms with Gasteiger partial charge in [0.1, 0.15) is 6.61 Å². The molecule has 0 saturated heterocycles. The van der Waals surface area contributed by atoms with Gasteiger partial charge in [-0.2, -0.15) is 0 Å². The van der Waals surface area contributed by atoms with Crippen LogP contribution < -0.4 is 10.1 Å².